The summed E-state index contributed by atoms with van der Waals surface area (Å²) in [6.45, 7) is 3.87. The van der Waals surface area contributed by atoms with E-state index >= 15 is 0 Å². The Morgan fingerprint density at radius 3 is 2.29 bits per heavy atom. The number of Topliss-reactive ketones (excluding diaryl/α,β-unsaturated/α-hetero) is 1. The zero-order valence-corrected chi connectivity index (χ0v) is 11.0. The molecule has 1 aromatic carbocycles. The van der Waals surface area contributed by atoms with Gasteiger partial charge in [0.2, 0.25) is 0 Å². The fourth-order valence-corrected chi connectivity index (χ4v) is 1.75. The molecule has 0 aromatic heterocycles. The van der Waals surface area contributed by atoms with Crippen LogP contribution in [0.2, 0.25) is 0 Å². The molecule has 0 aliphatic heterocycles. The van der Waals surface area contributed by atoms with E-state index in [1.807, 2.05) is 31.0 Å². The van der Waals surface area contributed by atoms with E-state index in [4.69, 9.17) is 9.47 Å². The minimum atomic E-state index is 0.106. The molecule has 1 aromatic rings. The van der Waals surface area contributed by atoms with E-state index in [2.05, 4.69) is 0 Å². The molecule has 0 atom stereocenters. The van der Waals surface area contributed by atoms with Crippen LogP contribution in [0, 0.1) is 6.92 Å². The van der Waals surface area contributed by atoms with Crippen molar-refractivity contribution in [3.8, 4) is 11.5 Å². The van der Waals surface area contributed by atoms with Gasteiger partial charge in [-0.25, -0.2) is 0 Å². The van der Waals surface area contributed by atoms with Gasteiger partial charge in [0.05, 0.1) is 26.5 Å². The molecule has 0 fully saturated rings. The fourth-order valence-electron chi connectivity index (χ4n) is 1.75. The number of benzene rings is 1. The standard InChI is InChI=1S/C13H19NO3/c1-9-6-13(17-5)11(7-12(9)16-4)14(3)8-10(2)15/h6-7H,8H2,1-5H3. The van der Waals surface area contributed by atoms with Gasteiger partial charge < -0.3 is 14.4 Å². The van der Waals surface area contributed by atoms with Crippen LogP contribution < -0.4 is 14.4 Å². The largest absolute Gasteiger partial charge is 0.496 e. The number of carbonyl (C=O) groups is 1. The third kappa shape index (κ3) is 3.12. The molecule has 94 valence electrons. The van der Waals surface area contributed by atoms with Crippen molar-refractivity contribution in [2.45, 2.75) is 13.8 Å². The van der Waals surface area contributed by atoms with Crippen LogP contribution in [0.5, 0.6) is 11.5 Å². The van der Waals surface area contributed by atoms with Gasteiger partial charge in [-0.05, 0) is 25.5 Å². The molecule has 4 heteroatoms. The highest BCUT2D eigenvalue weighted by Crippen LogP contribution is 2.34. The van der Waals surface area contributed by atoms with Crippen molar-refractivity contribution in [1.82, 2.24) is 0 Å². The number of rotatable bonds is 5. The SMILES string of the molecule is COc1cc(N(C)CC(C)=O)c(OC)cc1C. The number of anilines is 1. The van der Waals surface area contributed by atoms with Crippen molar-refractivity contribution < 1.29 is 14.3 Å². The van der Waals surface area contributed by atoms with Crippen LogP contribution in [0.25, 0.3) is 0 Å². The van der Waals surface area contributed by atoms with Gasteiger partial charge in [-0.2, -0.15) is 0 Å². The van der Waals surface area contributed by atoms with Crippen molar-refractivity contribution in [3.63, 3.8) is 0 Å². The van der Waals surface area contributed by atoms with Crippen LogP contribution in [0.3, 0.4) is 0 Å². The first kappa shape index (κ1) is 13.4. The normalized spacial score (nSPS) is 9.94. The van der Waals surface area contributed by atoms with Gasteiger partial charge in [0.25, 0.3) is 0 Å². The van der Waals surface area contributed by atoms with E-state index in [0.717, 1.165) is 22.7 Å². The maximum Gasteiger partial charge on any atom is 0.149 e. The summed E-state index contributed by atoms with van der Waals surface area (Å²) in [7, 11) is 5.10. The molecule has 0 radical (unpaired) electrons. The van der Waals surface area contributed by atoms with Crippen LogP contribution in [0.4, 0.5) is 5.69 Å². The molecule has 0 saturated heterocycles. The molecule has 4 nitrogen and oxygen atoms in total. The highest BCUT2D eigenvalue weighted by molar-refractivity contribution is 5.81. The lowest BCUT2D eigenvalue weighted by Crippen LogP contribution is -2.24. The smallest absolute Gasteiger partial charge is 0.149 e. The van der Waals surface area contributed by atoms with E-state index in [1.165, 1.54) is 0 Å². The molecule has 0 N–H and O–H groups in total. The Kier molecular flexibility index (Phi) is 4.37. The maximum atomic E-state index is 11.1. The van der Waals surface area contributed by atoms with E-state index in [9.17, 15) is 4.79 Å². The minimum absolute atomic E-state index is 0.106. The highest BCUT2D eigenvalue weighted by atomic mass is 16.5. The summed E-state index contributed by atoms with van der Waals surface area (Å²) in [5, 5.41) is 0. The Labute approximate surface area is 102 Å². The van der Waals surface area contributed by atoms with Crippen LogP contribution in [0.15, 0.2) is 12.1 Å². The van der Waals surface area contributed by atoms with Gasteiger partial charge in [-0.1, -0.05) is 0 Å². The number of likely N-dealkylation sites (N-methyl/N-ethyl adjacent to an activating group) is 1. The first-order valence-corrected chi connectivity index (χ1v) is 5.42. The Morgan fingerprint density at radius 1 is 1.24 bits per heavy atom. The van der Waals surface area contributed by atoms with Gasteiger partial charge in [0.1, 0.15) is 17.3 Å². The summed E-state index contributed by atoms with van der Waals surface area (Å²) in [6, 6.07) is 3.79. The highest BCUT2D eigenvalue weighted by Gasteiger charge is 2.13. The van der Waals surface area contributed by atoms with Gasteiger partial charge in [-0.3, -0.25) is 4.79 Å². The fraction of sp³-hybridized carbons (Fsp3) is 0.462. The number of hydrogen-bond acceptors (Lipinski definition) is 4. The van der Waals surface area contributed by atoms with E-state index in [0.29, 0.717) is 6.54 Å². The van der Waals surface area contributed by atoms with Gasteiger partial charge in [0.15, 0.2) is 0 Å². The Bertz CT molecular complexity index is 415. The van der Waals surface area contributed by atoms with Crippen LogP contribution >= 0.6 is 0 Å². The number of ether oxygens (including phenoxy) is 2. The zero-order valence-electron chi connectivity index (χ0n) is 11.0. The number of methoxy groups -OCH3 is 2. The van der Waals surface area contributed by atoms with E-state index in [-0.39, 0.29) is 5.78 Å². The summed E-state index contributed by atoms with van der Waals surface area (Å²) >= 11 is 0. The average Bonchev–Trinajstić information content (AvgIpc) is 2.27. The monoisotopic (exact) mass is 237 g/mol. The third-order valence-electron chi connectivity index (χ3n) is 2.57. The third-order valence-corrected chi connectivity index (χ3v) is 2.57. The lowest BCUT2D eigenvalue weighted by molar-refractivity contribution is -0.115. The lowest BCUT2D eigenvalue weighted by atomic mass is 10.1. The lowest BCUT2D eigenvalue weighted by Gasteiger charge is -2.22. The molecule has 0 amide bonds. The number of carbonyl (C=O) groups excluding carboxylic acids is 1. The molecule has 0 bridgehead atoms. The number of aryl methyl sites for hydroxylation is 1. The molecule has 0 unspecified atom stereocenters. The Balaban J connectivity index is 3.15. The zero-order chi connectivity index (χ0) is 13.0. The minimum Gasteiger partial charge on any atom is -0.496 e. The maximum absolute atomic E-state index is 11.1. The molecule has 0 spiro atoms. The quantitative estimate of drug-likeness (QED) is 0.785. The van der Waals surface area contributed by atoms with Crippen LogP contribution in [-0.2, 0) is 4.79 Å². The molecular weight excluding hydrogens is 218 g/mol. The Morgan fingerprint density at radius 2 is 1.82 bits per heavy atom. The average molecular weight is 237 g/mol. The van der Waals surface area contributed by atoms with Crippen molar-refractivity contribution in [2.75, 3.05) is 32.7 Å². The summed E-state index contributed by atoms with van der Waals surface area (Å²) in [4.78, 5) is 13.0. The molecule has 0 aliphatic rings. The van der Waals surface area contributed by atoms with Crippen molar-refractivity contribution >= 4 is 11.5 Å². The molecular formula is C13H19NO3. The Hall–Kier alpha value is -1.71. The number of nitrogens with zero attached hydrogens (tertiary/aromatic N) is 1. The van der Waals surface area contributed by atoms with E-state index < -0.39 is 0 Å². The number of hydrogen-bond donors (Lipinski definition) is 0. The van der Waals surface area contributed by atoms with Crippen molar-refractivity contribution in [1.29, 1.82) is 0 Å². The van der Waals surface area contributed by atoms with Gasteiger partial charge >= 0.3 is 0 Å². The van der Waals surface area contributed by atoms with E-state index in [1.54, 1.807) is 21.1 Å². The summed E-state index contributed by atoms with van der Waals surface area (Å²) in [6.07, 6.45) is 0. The summed E-state index contributed by atoms with van der Waals surface area (Å²) < 4.78 is 10.6. The first-order valence-electron chi connectivity index (χ1n) is 5.42. The predicted molar refractivity (Wildman–Crippen MR) is 68.2 cm³/mol. The molecule has 0 saturated carbocycles. The topological polar surface area (TPSA) is 38.8 Å². The second-order valence-electron chi connectivity index (χ2n) is 4.05. The molecule has 0 heterocycles. The van der Waals surface area contributed by atoms with Crippen LogP contribution in [0.1, 0.15) is 12.5 Å². The predicted octanol–water partition coefficient (Wildman–Crippen LogP) is 2.04. The van der Waals surface area contributed by atoms with Crippen molar-refractivity contribution in [2.24, 2.45) is 0 Å². The second-order valence-corrected chi connectivity index (χ2v) is 4.05. The first-order chi connectivity index (χ1) is 7.99. The van der Waals surface area contributed by atoms with Gasteiger partial charge in [-0.15, -0.1) is 0 Å². The molecule has 17 heavy (non-hydrogen) atoms. The second kappa shape index (κ2) is 5.57. The molecule has 1 rings (SSSR count). The molecule has 0 aliphatic carbocycles. The summed E-state index contributed by atoms with van der Waals surface area (Å²) in [5.74, 6) is 1.64. The summed E-state index contributed by atoms with van der Waals surface area (Å²) in [5.41, 5.74) is 1.86. The van der Waals surface area contributed by atoms with Crippen LogP contribution in [-0.4, -0.2) is 33.6 Å². The number of ketones is 1. The van der Waals surface area contributed by atoms with Gasteiger partial charge in [0, 0.05) is 13.1 Å². The van der Waals surface area contributed by atoms with Crippen molar-refractivity contribution in [3.05, 3.63) is 17.7 Å².